The molecule has 0 heterocycles. The van der Waals surface area contributed by atoms with Crippen molar-refractivity contribution in [1.29, 1.82) is 0 Å². The van der Waals surface area contributed by atoms with E-state index in [0.29, 0.717) is 35.6 Å². The van der Waals surface area contributed by atoms with E-state index >= 15 is 0 Å². The molecule has 19 heavy (non-hydrogen) atoms. The SMILES string of the molecule is COc1cc2c(cc1Cl)C(=O)CC(CCC(=O)O)C2. The van der Waals surface area contributed by atoms with Crippen LogP contribution in [0, 0.1) is 5.92 Å². The monoisotopic (exact) mass is 282 g/mol. The second-order valence-electron chi connectivity index (χ2n) is 4.77. The summed E-state index contributed by atoms with van der Waals surface area (Å²) in [6.07, 6.45) is 1.70. The Labute approximate surface area is 116 Å². The minimum absolute atomic E-state index is 0.0289. The largest absolute Gasteiger partial charge is 0.495 e. The molecule has 102 valence electrons. The number of ketones is 1. The van der Waals surface area contributed by atoms with Crippen LogP contribution < -0.4 is 4.74 Å². The van der Waals surface area contributed by atoms with Gasteiger partial charge in [-0.3, -0.25) is 9.59 Å². The third kappa shape index (κ3) is 3.07. The van der Waals surface area contributed by atoms with Gasteiger partial charge in [0.1, 0.15) is 5.75 Å². The lowest BCUT2D eigenvalue weighted by Gasteiger charge is -2.24. The van der Waals surface area contributed by atoms with E-state index in [-0.39, 0.29) is 18.1 Å². The van der Waals surface area contributed by atoms with E-state index in [9.17, 15) is 9.59 Å². The molecule has 1 aliphatic rings. The Kier molecular flexibility index (Phi) is 4.10. The van der Waals surface area contributed by atoms with E-state index in [2.05, 4.69) is 0 Å². The number of carboxylic acid groups (broad SMARTS) is 1. The van der Waals surface area contributed by atoms with Gasteiger partial charge in [-0.2, -0.15) is 0 Å². The summed E-state index contributed by atoms with van der Waals surface area (Å²) in [5.74, 6) is -0.165. The van der Waals surface area contributed by atoms with Crippen molar-refractivity contribution in [2.24, 2.45) is 5.92 Å². The maximum absolute atomic E-state index is 12.0. The first-order valence-corrected chi connectivity index (χ1v) is 6.50. The number of rotatable bonds is 4. The van der Waals surface area contributed by atoms with Crippen LogP contribution in [-0.4, -0.2) is 24.0 Å². The quantitative estimate of drug-likeness (QED) is 0.922. The lowest BCUT2D eigenvalue weighted by molar-refractivity contribution is -0.137. The lowest BCUT2D eigenvalue weighted by atomic mass is 9.81. The molecule has 5 heteroatoms. The number of carbonyl (C=O) groups is 2. The zero-order valence-corrected chi connectivity index (χ0v) is 11.4. The number of halogens is 1. The van der Waals surface area contributed by atoms with E-state index in [0.717, 1.165) is 5.56 Å². The summed E-state index contributed by atoms with van der Waals surface area (Å²) in [5, 5.41) is 9.13. The number of hydrogen-bond acceptors (Lipinski definition) is 3. The van der Waals surface area contributed by atoms with Crippen molar-refractivity contribution >= 4 is 23.4 Å². The van der Waals surface area contributed by atoms with Crippen LogP contribution in [0.15, 0.2) is 12.1 Å². The van der Waals surface area contributed by atoms with E-state index in [1.807, 2.05) is 0 Å². The highest BCUT2D eigenvalue weighted by Gasteiger charge is 2.26. The summed E-state index contributed by atoms with van der Waals surface area (Å²) in [6, 6.07) is 3.42. The molecule has 1 aliphatic carbocycles. The normalized spacial score (nSPS) is 18.0. The molecule has 0 saturated carbocycles. The summed E-state index contributed by atoms with van der Waals surface area (Å²) >= 11 is 6.01. The van der Waals surface area contributed by atoms with Crippen molar-refractivity contribution in [3.05, 3.63) is 28.3 Å². The van der Waals surface area contributed by atoms with Crippen LogP contribution in [0.3, 0.4) is 0 Å². The number of ether oxygens (including phenoxy) is 1. The number of aliphatic carboxylic acids is 1. The molecule has 0 aliphatic heterocycles. The van der Waals surface area contributed by atoms with Crippen molar-refractivity contribution in [3.8, 4) is 5.75 Å². The third-order valence-electron chi connectivity index (χ3n) is 3.43. The van der Waals surface area contributed by atoms with Gasteiger partial charge in [0.15, 0.2) is 5.78 Å². The second-order valence-corrected chi connectivity index (χ2v) is 5.18. The molecular weight excluding hydrogens is 268 g/mol. The van der Waals surface area contributed by atoms with Crippen molar-refractivity contribution in [2.75, 3.05) is 7.11 Å². The number of carboxylic acids is 1. The maximum Gasteiger partial charge on any atom is 0.303 e. The number of fused-ring (bicyclic) bond motifs is 1. The first kappa shape index (κ1) is 13.9. The Morgan fingerprint density at radius 3 is 2.84 bits per heavy atom. The smallest absolute Gasteiger partial charge is 0.303 e. The average molecular weight is 283 g/mol. The van der Waals surface area contributed by atoms with Crippen molar-refractivity contribution in [1.82, 2.24) is 0 Å². The zero-order valence-electron chi connectivity index (χ0n) is 10.6. The van der Waals surface area contributed by atoms with Gasteiger partial charge in [-0.1, -0.05) is 11.6 Å². The molecule has 1 atom stereocenters. The Bertz CT molecular complexity index is 524. The first-order valence-electron chi connectivity index (χ1n) is 6.12. The van der Waals surface area contributed by atoms with Crippen molar-refractivity contribution < 1.29 is 19.4 Å². The van der Waals surface area contributed by atoms with Crippen LogP contribution in [0.2, 0.25) is 5.02 Å². The van der Waals surface area contributed by atoms with Crippen LogP contribution in [0.25, 0.3) is 0 Å². The lowest BCUT2D eigenvalue weighted by Crippen LogP contribution is -2.21. The van der Waals surface area contributed by atoms with Crippen molar-refractivity contribution in [2.45, 2.75) is 25.7 Å². The van der Waals surface area contributed by atoms with E-state index in [1.165, 1.54) is 7.11 Å². The van der Waals surface area contributed by atoms with Crippen LogP contribution >= 0.6 is 11.6 Å². The second kappa shape index (κ2) is 5.61. The number of carbonyl (C=O) groups excluding carboxylic acids is 1. The number of hydrogen-bond donors (Lipinski definition) is 1. The summed E-state index contributed by atoms with van der Waals surface area (Å²) in [5.41, 5.74) is 1.53. The zero-order chi connectivity index (χ0) is 14.0. The molecule has 0 radical (unpaired) electrons. The van der Waals surface area contributed by atoms with E-state index < -0.39 is 5.97 Å². The first-order chi connectivity index (χ1) is 9.01. The summed E-state index contributed by atoms with van der Waals surface area (Å²) in [7, 11) is 1.53. The fourth-order valence-corrected chi connectivity index (χ4v) is 2.71. The molecule has 0 saturated heterocycles. The van der Waals surface area contributed by atoms with Crippen LogP contribution in [0.5, 0.6) is 5.75 Å². The molecule has 0 spiro atoms. The van der Waals surface area contributed by atoms with Crippen LogP contribution in [-0.2, 0) is 11.2 Å². The number of methoxy groups -OCH3 is 1. The Hall–Kier alpha value is -1.55. The van der Waals surface area contributed by atoms with Gasteiger partial charge in [-0.15, -0.1) is 0 Å². The van der Waals surface area contributed by atoms with Gasteiger partial charge in [0, 0.05) is 18.4 Å². The van der Waals surface area contributed by atoms with Gasteiger partial charge in [-0.25, -0.2) is 0 Å². The molecular formula is C14H15ClO4. The highest BCUT2D eigenvalue weighted by atomic mass is 35.5. The highest BCUT2D eigenvalue weighted by Crippen LogP contribution is 2.35. The molecule has 1 aromatic rings. The fraction of sp³-hybridized carbons (Fsp3) is 0.429. The minimum Gasteiger partial charge on any atom is -0.495 e. The van der Waals surface area contributed by atoms with Gasteiger partial charge in [0.2, 0.25) is 0 Å². The Balaban J connectivity index is 2.22. The standard InChI is InChI=1S/C14H15ClO4/c1-19-13-6-9-4-8(2-3-14(17)18)5-12(16)10(9)7-11(13)15/h6-8H,2-5H2,1H3,(H,17,18). The molecule has 1 aromatic carbocycles. The van der Waals surface area contributed by atoms with Crippen LogP contribution in [0.1, 0.15) is 35.2 Å². The average Bonchev–Trinajstić information content (AvgIpc) is 2.36. The molecule has 0 aromatic heterocycles. The molecule has 4 nitrogen and oxygen atoms in total. The summed E-state index contributed by atoms with van der Waals surface area (Å²) in [4.78, 5) is 22.6. The van der Waals surface area contributed by atoms with Gasteiger partial charge in [0.05, 0.1) is 12.1 Å². The maximum atomic E-state index is 12.0. The summed E-state index contributed by atoms with van der Waals surface area (Å²) in [6.45, 7) is 0. The highest BCUT2D eigenvalue weighted by molar-refractivity contribution is 6.32. The minimum atomic E-state index is -0.827. The third-order valence-corrected chi connectivity index (χ3v) is 3.72. The van der Waals surface area contributed by atoms with Gasteiger partial charge in [0.25, 0.3) is 0 Å². The van der Waals surface area contributed by atoms with E-state index in [1.54, 1.807) is 12.1 Å². The number of benzene rings is 1. The molecule has 2 rings (SSSR count). The summed E-state index contributed by atoms with van der Waals surface area (Å²) < 4.78 is 5.14. The van der Waals surface area contributed by atoms with E-state index in [4.69, 9.17) is 21.4 Å². The van der Waals surface area contributed by atoms with Gasteiger partial charge >= 0.3 is 5.97 Å². The predicted molar refractivity (Wildman–Crippen MR) is 71.0 cm³/mol. The topological polar surface area (TPSA) is 63.6 Å². The molecule has 0 fully saturated rings. The van der Waals surface area contributed by atoms with Crippen molar-refractivity contribution in [3.63, 3.8) is 0 Å². The molecule has 1 N–H and O–H groups in total. The van der Waals surface area contributed by atoms with Gasteiger partial charge in [-0.05, 0) is 36.5 Å². The number of Topliss-reactive ketones (excluding diaryl/α,β-unsaturated/α-hetero) is 1. The molecule has 0 bridgehead atoms. The predicted octanol–water partition coefficient (Wildman–Crippen LogP) is 2.96. The Morgan fingerprint density at radius 2 is 2.21 bits per heavy atom. The molecule has 0 amide bonds. The molecule has 1 unspecified atom stereocenters. The fourth-order valence-electron chi connectivity index (χ4n) is 2.47. The Morgan fingerprint density at radius 1 is 1.47 bits per heavy atom. The van der Waals surface area contributed by atoms with Gasteiger partial charge < -0.3 is 9.84 Å². The van der Waals surface area contributed by atoms with Crippen LogP contribution in [0.4, 0.5) is 0 Å².